The van der Waals surface area contributed by atoms with Crippen LogP contribution in [0.15, 0.2) is 48.0 Å². The van der Waals surface area contributed by atoms with Gasteiger partial charge in [0.05, 0.1) is 12.6 Å². The maximum Gasteiger partial charge on any atom is 0.410 e. The number of nitrogens with one attached hydrogen (secondary N) is 1. The molecule has 2 heterocycles. The molecule has 27 heavy (non-hydrogen) atoms. The molecule has 0 spiro atoms. The Bertz CT molecular complexity index is 909. The van der Waals surface area contributed by atoms with Crippen LogP contribution in [0.2, 0.25) is 10.0 Å². The van der Waals surface area contributed by atoms with Gasteiger partial charge >= 0.3 is 6.09 Å². The highest BCUT2D eigenvalue weighted by Gasteiger charge is 2.37. The van der Waals surface area contributed by atoms with E-state index in [-0.39, 0.29) is 12.1 Å². The minimum Gasteiger partial charge on any atom is -0.450 e. The van der Waals surface area contributed by atoms with Crippen LogP contribution >= 0.6 is 23.2 Å². The number of ether oxygens (including phenoxy) is 1. The first-order valence-electron chi connectivity index (χ1n) is 9.03. The SMILES string of the molecule is CCOC(=O)N1CCC2=C(CNc3ccc(Cl)cc32)C1c1ccc(Cl)cc1. The van der Waals surface area contributed by atoms with Gasteiger partial charge in [0.1, 0.15) is 0 Å². The Morgan fingerprint density at radius 2 is 1.93 bits per heavy atom. The fourth-order valence-electron chi connectivity index (χ4n) is 3.93. The molecule has 2 aromatic rings. The third-order valence-electron chi connectivity index (χ3n) is 5.10. The van der Waals surface area contributed by atoms with Crippen molar-refractivity contribution in [2.45, 2.75) is 19.4 Å². The zero-order valence-electron chi connectivity index (χ0n) is 15.0. The van der Waals surface area contributed by atoms with Crippen molar-refractivity contribution >= 4 is 40.6 Å². The monoisotopic (exact) mass is 402 g/mol. The van der Waals surface area contributed by atoms with Crippen molar-refractivity contribution in [2.75, 3.05) is 25.0 Å². The van der Waals surface area contributed by atoms with E-state index in [1.807, 2.05) is 54.3 Å². The molecule has 1 unspecified atom stereocenters. The average molecular weight is 403 g/mol. The first kappa shape index (κ1) is 18.2. The molecule has 0 saturated heterocycles. The number of carbonyl (C=O) groups is 1. The summed E-state index contributed by atoms with van der Waals surface area (Å²) in [6, 6.07) is 13.4. The normalized spacial score (nSPS) is 18.5. The molecule has 4 nitrogen and oxygen atoms in total. The number of carbonyl (C=O) groups excluding carboxylic acids is 1. The maximum atomic E-state index is 12.6. The van der Waals surface area contributed by atoms with Crippen LogP contribution in [0.4, 0.5) is 10.5 Å². The van der Waals surface area contributed by atoms with E-state index < -0.39 is 0 Å². The molecule has 0 aromatic heterocycles. The average Bonchev–Trinajstić information content (AvgIpc) is 2.67. The summed E-state index contributed by atoms with van der Waals surface area (Å²) in [7, 11) is 0. The Morgan fingerprint density at radius 1 is 1.19 bits per heavy atom. The third kappa shape index (κ3) is 3.40. The van der Waals surface area contributed by atoms with Crippen molar-refractivity contribution in [2.24, 2.45) is 0 Å². The summed E-state index contributed by atoms with van der Waals surface area (Å²) in [4.78, 5) is 14.4. The Balaban J connectivity index is 1.83. The maximum absolute atomic E-state index is 12.6. The van der Waals surface area contributed by atoms with Crippen LogP contribution in [-0.4, -0.2) is 30.7 Å². The van der Waals surface area contributed by atoms with Crippen LogP contribution in [0, 0.1) is 0 Å². The molecule has 6 heteroatoms. The minimum absolute atomic E-state index is 0.190. The predicted molar refractivity (Wildman–Crippen MR) is 109 cm³/mol. The van der Waals surface area contributed by atoms with Gasteiger partial charge in [-0.1, -0.05) is 35.3 Å². The smallest absolute Gasteiger partial charge is 0.410 e. The number of nitrogens with zero attached hydrogens (tertiary/aromatic N) is 1. The molecule has 0 radical (unpaired) electrons. The number of hydrogen-bond acceptors (Lipinski definition) is 3. The summed E-state index contributed by atoms with van der Waals surface area (Å²) in [5, 5.41) is 4.85. The molecule has 2 aliphatic rings. The van der Waals surface area contributed by atoms with Gasteiger partial charge in [-0.25, -0.2) is 4.79 Å². The number of hydrogen-bond donors (Lipinski definition) is 1. The van der Waals surface area contributed by atoms with Gasteiger partial charge in [-0.15, -0.1) is 0 Å². The van der Waals surface area contributed by atoms with Crippen molar-refractivity contribution in [3.63, 3.8) is 0 Å². The van der Waals surface area contributed by atoms with Gasteiger partial charge in [-0.05, 0) is 60.4 Å². The summed E-state index contributed by atoms with van der Waals surface area (Å²) in [6.07, 6.45) is 0.480. The summed E-state index contributed by atoms with van der Waals surface area (Å²) in [6.45, 7) is 3.44. The molecule has 0 aliphatic carbocycles. The molecule has 0 saturated carbocycles. The van der Waals surface area contributed by atoms with Crippen LogP contribution in [0.3, 0.4) is 0 Å². The van der Waals surface area contributed by atoms with Crippen LogP contribution in [0.25, 0.3) is 5.57 Å². The highest BCUT2D eigenvalue weighted by atomic mass is 35.5. The van der Waals surface area contributed by atoms with Crippen molar-refractivity contribution in [3.05, 3.63) is 69.2 Å². The lowest BCUT2D eigenvalue weighted by Gasteiger charge is -2.41. The van der Waals surface area contributed by atoms with Crippen LogP contribution in [0.1, 0.15) is 30.5 Å². The Hall–Kier alpha value is -2.17. The van der Waals surface area contributed by atoms with Crippen LogP contribution < -0.4 is 5.32 Å². The van der Waals surface area contributed by atoms with Crippen molar-refractivity contribution in [1.29, 1.82) is 0 Å². The second kappa shape index (κ2) is 7.45. The lowest BCUT2D eigenvalue weighted by Crippen LogP contribution is -2.42. The molecule has 2 aromatic carbocycles. The molecule has 1 N–H and O–H groups in total. The Labute approximate surface area is 168 Å². The number of amides is 1. The fraction of sp³-hybridized carbons (Fsp3) is 0.286. The molecular weight excluding hydrogens is 383 g/mol. The summed E-state index contributed by atoms with van der Waals surface area (Å²) < 4.78 is 5.32. The number of rotatable bonds is 2. The van der Waals surface area contributed by atoms with Gasteiger partial charge in [0.2, 0.25) is 0 Å². The summed E-state index contributed by atoms with van der Waals surface area (Å²) in [5.74, 6) is 0. The lowest BCUT2D eigenvalue weighted by molar-refractivity contribution is 0.0945. The highest BCUT2D eigenvalue weighted by Crippen LogP contribution is 2.45. The molecular formula is C21H20Cl2N2O2. The van der Waals surface area contributed by atoms with E-state index in [9.17, 15) is 4.79 Å². The van der Waals surface area contributed by atoms with Crippen molar-refractivity contribution in [1.82, 2.24) is 4.90 Å². The molecule has 2 aliphatic heterocycles. The summed E-state index contributed by atoms with van der Waals surface area (Å²) >= 11 is 12.3. The standard InChI is InChI=1S/C21H20Cl2N2O2/c1-2-27-21(26)25-10-9-16-17-11-15(23)7-8-19(17)24-12-18(16)20(25)13-3-5-14(22)6-4-13/h3-8,11,20,24H,2,9-10,12H2,1H3. The van der Waals surface area contributed by atoms with E-state index in [4.69, 9.17) is 27.9 Å². The number of fused-ring (bicyclic) bond motifs is 2. The van der Waals surface area contributed by atoms with Gasteiger partial charge in [-0.2, -0.15) is 0 Å². The van der Waals surface area contributed by atoms with E-state index in [2.05, 4.69) is 5.32 Å². The van der Waals surface area contributed by atoms with E-state index in [1.165, 1.54) is 11.1 Å². The first-order chi connectivity index (χ1) is 13.1. The second-order valence-corrected chi connectivity index (χ2v) is 7.52. The van der Waals surface area contributed by atoms with Crippen LogP contribution in [-0.2, 0) is 4.74 Å². The topological polar surface area (TPSA) is 41.6 Å². The quantitative estimate of drug-likeness (QED) is 0.692. The zero-order valence-corrected chi connectivity index (χ0v) is 16.5. The van der Waals surface area contributed by atoms with E-state index in [1.54, 1.807) is 0 Å². The first-order valence-corrected chi connectivity index (χ1v) is 9.78. The van der Waals surface area contributed by atoms with Gasteiger partial charge in [0.25, 0.3) is 0 Å². The second-order valence-electron chi connectivity index (χ2n) is 6.64. The minimum atomic E-state index is -0.291. The molecule has 1 amide bonds. The predicted octanol–water partition coefficient (Wildman–Crippen LogP) is 5.78. The third-order valence-corrected chi connectivity index (χ3v) is 5.58. The largest absolute Gasteiger partial charge is 0.450 e. The summed E-state index contributed by atoms with van der Waals surface area (Å²) in [5.41, 5.74) is 5.65. The molecule has 0 bridgehead atoms. The molecule has 0 fully saturated rings. The zero-order chi connectivity index (χ0) is 19.0. The molecule has 140 valence electrons. The Kier molecular flexibility index (Phi) is 5.02. The highest BCUT2D eigenvalue weighted by molar-refractivity contribution is 6.31. The van der Waals surface area contributed by atoms with Crippen LogP contribution in [0.5, 0.6) is 0 Å². The van der Waals surface area contributed by atoms with E-state index >= 15 is 0 Å². The molecule has 1 atom stereocenters. The number of anilines is 1. The van der Waals surface area contributed by atoms with Crippen molar-refractivity contribution in [3.8, 4) is 0 Å². The Morgan fingerprint density at radius 3 is 2.67 bits per heavy atom. The number of halogens is 2. The van der Waals surface area contributed by atoms with E-state index in [0.717, 1.165) is 23.2 Å². The van der Waals surface area contributed by atoms with Gasteiger partial charge in [0.15, 0.2) is 0 Å². The van der Waals surface area contributed by atoms with Gasteiger partial charge in [0, 0.05) is 34.4 Å². The van der Waals surface area contributed by atoms with Gasteiger partial charge in [-0.3, -0.25) is 4.90 Å². The van der Waals surface area contributed by atoms with E-state index in [0.29, 0.717) is 29.7 Å². The van der Waals surface area contributed by atoms with Gasteiger partial charge < -0.3 is 10.1 Å². The lowest BCUT2D eigenvalue weighted by atomic mass is 9.82. The van der Waals surface area contributed by atoms with Crippen molar-refractivity contribution < 1.29 is 9.53 Å². The molecule has 4 rings (SSSR count). The number of benzene rings is 2. The fourth-order valence-corrected chi connectivity index (χ4v) is 4.22.